The molecule has 1 aliphatic rings. The van der Waals surface area contributed by atoms with Gasteiger partial charge in [-0.15, -0.1) is 0 Å². The molecular weight excluding hydrogens is 230 g/mol. The van der Waals surface area contributed by atoms with Gasteiger partial charge in [-0.25, -0.2) is 4.79 Å². The van der Waals surface area contributed by atoms with Gasteiger partial charge in [-0.2, -0.15) is 0 Å². The third-order valence-electron chi connectivity index (χ3n) is 3.08. The van der Waals surface area contributed by atoms with Gasteiger partial charge in [-0.05, 0) is 20.3 Å². The van der Waals surface area contributed by atoms with Crippen LogP contribution in [0, 0.1) is 0 Å². The average Bonchev–Trinajstić information content (AvgIpc) is 2.35. The summed E-state index contributed by atoms with van der Waals surface area (Å²) in [6.07, 6.45) is 2.63. The number of rotatable bonds is 4. The largest absolute Gasteiger partial charge is 0.339 e. The van der Waals surface area contributed by atoms with Crippen molar-refractivity contribution in [3.63, 3.8) is 0 Å². The smallest absolute Gasteiger partial charge is 0.317 e. The van der Waals surface area contributed by atoms with E-state index >= 15 is 0 Å². The number of unbranched alkanes of at least 4 members (excludes halogenated alkanes) is 1. The Hall–Kier alpha value is -1.26. The SMILES string of the molecule is CCCCC(=O)N1CCN(C(=O)NC(C)C)CC1. The van der Waals surface area contributed by atoms with Crippen molar-refractivity contribution in [1.82, 2.24) is 15.1 Å². The summed E-state index contributed by atoms with van der Waals surface area (Å²) in [6, 6.07) is 0.132. The van der Waals surface area contributed by atoms with Gasteiger partial charge < -0.3 is 15.1 Å². The van der Waals surface area contributed by atoms with Gasteiger partial charge in [0, 0.05) is 38.6 Å². The van der Waals surface area contributed by atoms with Crippen LogP contribution in [0.4, 0.5) is 4.79 Å². The van der Waals surface area contributed by atoms with Crippen molar-refractivity contribution in [2.45, 2.75) is 46.1 Å². The first-order valence-corrected chi connectivity index (χ1v) is 6.87. The maximum Gasteiger partial charge on any atom is 0.317 e. The average molecular weight is 255 g/mol. The quantitative estimate of drug-likeness (QED) is 0.826. The van der Waals surface area contributed by atoms with E-state index in [2.05, 4.69) is 12.2 Å². The van der Waals surface area contributed by atoms with Gasteiger partial charge >= 0.3 is 6.03 Å². The van der Waals surface area contributed by atoms with Crippen molar-refractivity contribution in [2.75, 3.05) is 26.2 Å². The minimum absolute atomic E-state index is 0.0225. The summed E-state index contributed by atoms with van der Waals surface area (Å²) in [7, 11) is 0. The Morgan fingerprint density at radius 3 is 2.17 bits per heavy atom. The number of amides is 3. The third kappa shape index (κ3) is 4.55. The number of hydrogen-bond donors (Lipinski definition) is 1. The number of piperazine rings is 1. The molecule has 0 unspecified atom stereocenters. The molecule has 1 heterocycles. The molecule has 0 radical (unpaired) electrons. The Bertz CT molecular complexity index is 284. The van der Waals surface area contributed by atoms with Crippen LogP contribution < -0.4 is 5.32 Å². The van der Waals surface area contributed by atoms with Crippen LogP contribution >= 0.6 is 0 Å². The number of nitrogens with one attached hydrogen (secondary N) is 1. The predicted molar refractivity (Wildman–Crippen MR) is 71.3 cm³/mol. The molecule has 0 aromatic rings. The molecule has 0 aromatic carbocycles. The molecule has 1 fully saturated rings. The van der Waals surface area contributed by atoms with Crippen molar-refractivity contribution >= 4 is 11.9 Å². The number of nitrogens with zero attached hydrogens (tertiary/aromatic N) is 2. The number of urea groups is 1. The standard InChI is InChI=1S/C13H25N3O2/c1-4-5-6-12(17)15-7-9-16(10-8-15)13(18)14-11(2)3/h11H,4-10H2,1-3H3,(H,14,18). The van der Waals surface area contributed by atoms with E-state index in [0.29, 0.717) is 32.6 Å². The Balaban J connectivity index is 2.32. The highest BCUT2D eigenvalue weighted by molar-refractivity contribution is 5.77. The maximum absolute atomic E-state index is 11.8. The lowest BCUT2D eigenvalue weighted by atomic mass is 10.2. The summed E-state index contributed by atoms with van der Waals surface area (Å²) in [5.41, 5.74) is 0. The van der Waals surface area contributed by atoms with E-state index in [-0.39, 0.29) is 18.0 Å². The fraction of sp³-hybridized carbons (Fsp3) is 0.846. The summed E-state index contributed by atoms with van der Waals surface area (Å²) >= 11 is 0. The number of carbonyl (C=O) groups is 2. The maximum atomic E-state index is 11.8. The summed E-state index contributed by atoms with van der Waals surface area (Å²) in [6.45, 7) is 8.57. The summed E-state index contributed by atoms with van der Waals surface area (Å²) in [4.78, 5) is 27.2. The first-order chi connectivity index (χ1) is 8.54. The fourth-order valence-electron chi connectivity index (χ4n) is 1.98. The minimum Gasteiger partial charge on any atom is -0.339 e. The van der Waals surface area contributed by atoms with Crippen molar-refractivity contribution in [2.24, 2.45) is 0 Å². The van der Waals surface area contributed by atoms with E-state index in [1.165, 1.54) is 0 Å². The zero-order valence-corrected chi connectivity index (χ0v) is 11.7. The molecule has 104 valence electrons. The highest BCUT2D eigenvalue weighted by Gasteiger charge is 2.23. The van der Waals surface area contributed by atoms with Crippen LogP contribution in [0.5, 0.6) is 0 Å². The lowest BCUT2D eigenvalue weighted by molar-refractivity contribution is -0.132. The van der Waals surface area contributed by atoms with E-state index in [1.807, 2.05) is 18.7 Å². The van der Waals surface area contributed by atoms with Crippen LogP contribution in [0.15, 0.2) is 0 Å². The van der Waals surface area contributed by atoms with Crippen molar-refractivity contribution < 1.29 is 9.59 Å². The van der Waals surface area contributed by atoms with Crippen molar-refractivity contribution in [1.29, 1.82) is 0 Å². The Morgan fingerprint density at radius 1 is 1.11 bits per heavy atom. The molecule has 0 bridgehead atoms. The predicted octanol–water partition coefficient (Wildman–Crippen LogP) is 1.44. The molecular formula is C13H25N3O2. The van der Waals surface area contributed by atoms with Crippen molar-refractivity contribution in [3.8, 4) is 0 Å². The van der Waals surface area contributed by atoms with E-state index < -0.39 is 0 Å². The van der Waals surface area contributed by atoms with Gasteiger partial charge in [0.15, 0.2) is 0 Å². The summed E-state index contributed by atoms with van der Waals surface area (Å²) in [5.74, 6) is 0.223. The second kappa shape index (κ2) is 7.24. The highest BCUT2D eigenvalue weighted by Crippen LogP contribution is 2.06. The minimum atomic E-state index is -0.0225. The molecule has 0 spiro atoms. The molecule has 1 rings (SSSR count). The highest BCUT2D eigenvalue weighted by atomic mass is 16.2. The van der Waals surface area contributed by atoms with Gasteiger partial charge in [0.2, 0.25) is 5.91 Å². The topological polar surface area (TPSA) is 52.7 Å². The third-order valence-corrected chi connectivity index (χ3v) is 3.08. The zero-order chi connectivity index (χ0) is 13.5. The summed E-state index contributed by atoms with van der Waals surface area (Å²) < 4.78 is 0. The molecule has 5 heteroatoms. The van der Waals surface area contributed by atoms with Gasteiger partial charge in [-0.1, -0.05) is 13.3 Å². The first kappa shape index (κ1) is 14.8. The lowest BCUT2D eigenvalue weighted by Gasteiger charge is -2.35. The molecule has 1 N–H and O–H groups in total. The van der Waals surface area contributed by atoms with Crippen LogP contribution in [-0.4, -0.2) is 54.0 Å². The van der Waals surface area contributed by atoms with Crippen LogP contribution in [-0.2, 0) is 4.79 Å². The van der Waals surface area contributed by atoms with Gasteiger partial charge in [0.1, 0.15) is 0 Å². The number of carbonyl (C=O) groups excluding carboxylic acids is 2. The van der Waals surface area contributed by atoms with Crippen LogP contribution in [0.25, 0.3) is 0 Å². The molecule has 3 amide bonds. The Labute approximate surface area is 110 Å². The molecule has 1 aliphatic heterocycles. The van der Waals surface area contributed by atoms with Crippen LogP contribution in [0.1, 0.15) is 40.0 Å². The van der Waals surface area contributed by atoms with Gasteiger partial charge in [-0.3, -0.25) is 4.79 Å². The van der Waals surface area contributed by atoms with E-state index in [1.54, 1.807) is 4.90 Å². The van der Waals surface area contributed by atoms with E-state index in [9.17, 15) is 9.59 Å². The zero-order valence-electron chi connectivity index (χ0n) is 11.7. The van der Waals surface area contributed by atoms with E-state index in [4.69, 9.17) is 0 Å². The molecule has 1 saturated heterocycles. The molecule has 0 atom stereocenters. The Kier molecular flexibility index (Phi) is 5.95. The van der Waals surface area contributed by atoms with Gasteiger partial charge in [0.25, 0.3) is 0 Å². The van der Waals surface area contributed by atoms with E-state index in [0.717, 1.165) is 12.8 Å². The number of hydrogen-bond acceptors (Lipinski definition) is 2. The fourth-order valence-corrected chi connectivity index (χ4v) is 1.98. The summed E-state index contributed by atoms with van der Waals surface area (Å²) in [5, 5.41) is 2.87. The second-order valence-corrected chi connectivity index (χ2v) is 5.08. The normalized spacial score (nSPS) is 16.0. The first-order valence-electron chi connectivity index (χ1n) is 6.87. The monoisotopic (exact) mass is 255 g/mol. The molecule has 18 heavy (non-hydrogen) atoms. The molecule has 0 saturated carbocycles. The van der Waals surface area contributed by atoms with Crippen LogP contribution in [0.2, 0.25) is 0 Å². The second-order valence-electron chi connectivity index (χ2n) is 5.08. The Morgan fingerprint density at radius 2 is 1.67 bits per heavy atom. The lowest BCUT2D eigenvalue weighted by Crippen LogP contribution is -2.54. The van der Waals surface area contributed by atoms with Gasteiger partial charge in [0.05, 0.1) is 0 Å². The molecule has 0 aromatic heterocycles. The van der Waals surface area contributed by atoms with Crippen LogP contribution in [0.3, 0.4) is 0 Å². The molecule has 5 nitrogen and oxygen atoms in total. The molecule has 0 aliphatic carbocycles. The van der Waals surface area contributed by atoms with Crippen molar-refractivity contribution in [3.05, 3.63) is 0 Å².